The number of piperidine rings is 1. The summed E-state index contributed by atoms with van der Waals surface area (Å²) in [6.45, 7) is 8.76. The molecule has 110 valence electrons. The molecule has 1 saturated heterocycles. The first-order chi connectivity index (χ1) is 7.42. The second kappa shape index (κ2) is 5.55. The Morgan fingerprint density at radius 3 is 2.11 bits per heavy atom. The summed E-state index contributed by atoms with van der Waals surface area (Å²) < 4.78 is 38.6. The van der Waals surface area contributed by atoms with E-state index in [1.165, 1.54) is 0 Å². The summed E-state index contributed by atoms with van der Waals surface area (Å²) in [6.07, 6.45) is -3.92. The maximum Gasteiger partial charge on any atom is 0.392 e. The number of nitrogens with zero attached hydrogens (tertiary/aromatic N) is 1. The number of likely N-dealkylation sites (tertiary alicyclic amines) is 1. The molecule has 0 spiro atoms. The van der Waals surface area contributed by atoms with Crippen molar-refractivity contribution in [1.29, 1.82) is 0 Å². The molecule has 1 aliphatic rings. The van der Waals surface area contributed by atoms with E-state index in [0.717, 1.165) is 0 Å². The molecule has 1 rings (SSSR count). The van der Waals surface area contributed by atoms with Crippen LogP contribution in [0.3, 0.4) is 0 Å². The number of halogens is 4. The van der Waals surface area contributed by atoms with Gasteiger partial charge in [-0.25, -0.2) is 0 Å². The van der Waals surface area contributed by atoms with Crippen molar-refractivity contribution in [2.24, 2.45) is 17.1 Å². The highest BCUT2D eigenvalue weighted by molar-refractivity contribution is 5.85. The summed E-state index contributed by atoms with van der Waals surface area (Å²) >= 11 is 0. The Balaban J connectivity index is 0.00000289. The molecular formula is C12H24ClF3N2. The van der Waals surface area contributed by atoms with Crippen LogP contribution in [0.1, 0.15) is 34.1 Å². The molecule has 1 atom stereocenters. The zero-order valence-corrected chi connectivity index (χ0v) is 12.3. The van der Waals surface area contributed by atoms with Crippen molar-refractivity contribution in [2.75, 3.05) is 19.6 Å². The minimum Gasteiger partial charge on any atom is -0.324 e. The highest BCUT2D eigenvalue weighted by Crippen LogP contribution is 2.45. The molecule has 0 saturated carbocycles. The lowest BCUT2D eigenvalue weighted by Gasteiger charge is -2.46. The number of rotatable bonds is 2. The monoisotopic (exact) mass is 288 g/mol. The third kappa shape index (κ3) is 4.94. The Hall–Kier alpha value is -0.0000000000000000555. The van der Waals surface area contributed by atoms with Gasteiger partial charge in [0.05, 0.1) is 5.92 Å². The van der Waals surface area contributed by atoms with E-state index in [1.54, 1.807) is 13.8 Å². The van der Waals surface area contributed by atoms with E-state index in [4.69, 9.17) is 5.73 Å². The number of nitrogens with two attached hydrogens (primary N) is 1. The molecular weight excluding hydrogens is 265 g/mol. The Kier molecular flexibility index (Phi) is 5.55. The van der Waals surface area contributed by atoms with Gasteiger partial charge < -0.3 is 10.6 Å². The van der Waals surface area contributed by atoms with Crippen LogP contribution in [0.4, 0.5) is 13.2 Å². The fourth-order valence-electron chi connectivity index (χ4n) is 2.79. The molecule has 1 unspecified atom stereocenters. The van der Waals surface area contributed by atoms with Crippen LogP contribution in [-0.2, 0) is 0 Å². The molecule has 0 aliphatic carbocycles. The number of hydrogen-bond acceptors (Lipinski definition) is 2. The molecule has 1 fully saturated rings. The predicted molar refractivity (Wildman–Crippen MR) is 69.9 cm³/mol. The van der Waals surface area contributed by atoms with Gasteiger partial charge in [0.2, 0.25) is 0 Å². The summed E-state index contributed by atoms with van der Waals surface area (Å²) in [7, 11) is 0. The van der Waals surface area contributed by atoms with Crippen molar-refractivity contribution in [3.8, 4) is 0 Å². The lowest BCUT2D eigenvalue weighted by atomic mass is 9.73. The zero-order chi connectivity index (χ0) is 13.5. The van der Waals surface area contributed by atoms with E-state index in [2.05, 4.69) is 0 Å². The first kappa shape index (κ1) is 18.0. The highest BCUT2D eigenvalue weighted by atomic mass is 35.5. The largest absolute Gasteiger partial charge is 0.392 e. The second-order valence-electron chi connectivity index (χ2n) is 6.57. The molecule has 0 aromatic rings. The molecule has 2 N–H and O–H groups in total. The normalized spacial score (nSPS) is 25.7. The molecule has 1 aliphatic heterocycles. The van der Waals surface area contributed by atoms with E-state index >= 15 is 0 Å². The lowest BCUT2D eigenvalue weighted by Crippen LogP contribution is -2.55. The molecule has 1 heterocycles. The average molecular weight is 289 g/mol. The van der Waals surface area contributed by atoms with E-state index in [-0.39, 0.29) is 24.4 Å². The van der Waals surface area contributed by atoms with Crippen LogP contribution in [0, 0.1) is 11.3 Å². The summed E-state index contributed by atoms with van der Waals surface area (Å²) in [4.78, 5) is 2.04. The van der Waals surface area contributed by atoms with Crippen LogP contribution in [-0.4, -0.2) is 36.2 Å². The Labute approximate surface area is 113 Å². The van der Waals surface area contributed by atoms with E-state index in [1.807, 2.05) is 18.7 Å². The lowest BCUT2D eigenvalue weighted by molar-refractivity contribution is -0.217. The molecule has 0 aromatic carbocycles. The molecule has 2 nitrogen and oxygen atoms in total. The van der Waals surface area contributed by atoms with Gasteiger partial charge in [-0.15, -0.1) is 12.4 Å². The fraction of sp³-hybridized carbons (Fsp3) is 1.00. The molecule has 0 bridgehead atoms. The quantitative estimate of drug-likeness (QED) is 0.846. The molecule has 0 amide bonds. The summed E-state index contributed by atoms with van der Waals surface area (Å²) in [5.74, 6) is -1.20. The van der Waals surface area contributed by atoms with Crippen molar-refractivity contribution < 1.29 is 13.2 Å². The topological polar surface area (TPSA) is 29.3 Å². The zero-order valence-electron chi connectivity index (χ0n) is 11.5. The van der Waals surface area contributed by atoms with E-state index < -0.39 is 17.5 Å². The smallest absolute Gasteiger partial charge is 0.324 e. The maximum atomic E-state index is 12.9. The van der Waals surface area contributed by atoms with Gasteiger partial charge in [0.1, 0.15) is 0 Å². The van der Waals surface area contributed by atoms with Crippen LogP contribution in [0.25, 0.3) is 0 Å². The van der Waals surface area contributed by atoms with Gasteiger partial charge in [0.15, 0.2) is 0 Å². The minimum atomic E-state index is -4.09. The minimum absolute atomic E-state index is 0. The molecule has 0 aromatic heterocycles. The van der Waals surface area contributed by atoms with Crippen LogP contribution in [0.15, 0.2) is 0 Å². The Morgan fingerprint density at radius 2 is 1.78 bits per heavy atom. The van der Waals surface area contributed by atoms with Crippen molar-refractivity contribution in [2.45, 2.75) is 45.8 Å². The van der Waals surface area contributed by atoms with Gasteiger partial charge in [-0.3, -0.25) is 0 Å². The van der Waals surface area contributed by atoms with Gasteiger partial charge >= 0.3 is 6.18 Å². The van der Waals surface area contributed by atoms with Crippen molar-refractivity contribution >= 4 is 12.4 Å². The van der Waals surface area contributed by atoms with Crippen LogP contribution in [0.2, 0.25) is 0 Å². The predicted octanol–water partition coefficient (Wildman–Crippen LogP) is 3.06. The third-order valence-electron chi connectivity index (χ3n) is 3.33. The van der Waals surface area contributed by atoms with Crippen LogP contribution in [0.5, 0.6) is 0 Å². The first-order valence-electron chi connectivity index (χ1n) is 6.00. The third-order valence-corrected chi connectivity index (χ3v) is 3.33. The molecule has 18 heavy (non-hydrogen) atoms. The fourth-order valence-corrected chi connectivity index (χ4v) is 2.79. The van der Waals surface area contributed by atoms with Gasteiger partial charge in [-0.05, 0) is 32.2 Å². The SMILES string of the molecule is CC(C)(N)CN1CCC(C(F)(F)F)C(C)(C)C1.Cl. The Bertz CT molecular complexity index is 271. The highest BCUT2D eigenvalue weighted by Gasteiger charge is 2.51. The first-order valence-corrected chi connectivity index (χ1v) is 6.00. The number of alkyl halides is 3. The standard InChI is InChI=1S/C12H23F3N2.ClH/c1-10(2)7-17(8-11(3,4)16)6-5-9(10)12(13,14)15;/h9H,5-8,16H2,1-4H3;1H. The molecule has 6 heteroatoms. The summed E-state index contributed by atoms with van der Waals surface area (Å²) in [6, 6.07) is 0. The van der Waals surface area contributed by atoms with Crippen LogP contribution >= 0.6 is 12.4 Å². The van der Waals surface area contributed by atoms with Crippen LogP contribution < -0.4 is 5.73 Å². The van der Waals surface area contributed by atoms with Crippen molar-refractivity contribution in [1.82, 2.24) is 4.90 Å². The average Bonchev–Trinajstić information content (AvgIpc) is 1.94. The number of hydrogen-bond donors (Lipinski definition) is 1. The van der Waals surface area contributed by atoms with Gasteiger partial charge in [-0.2, -0.15) is 13.2 Å². The maximum absolute atomic E-state index is 12.9. The molecule has 0 radical (unpaired) electrons. The van der Waals surface area contributed by atoms with Gasteiger partial charge in [0.25, 0.3) is 0 Å². The van der Waals surface area contributed by atoms with E-state index in [9.17, 15) is 13.2 Å². The van der Waals surface area contributed by atoms with Gasteiger partial charge in [-0.1, -0.05) is 13.8 Å². The summed E-state index contributed by atoms with van der Waals surface area (Å²) in [5, 5.41) is 0. The van der Waals surface area contributed by atoms with Crippen molar-refractivity contribution in [3.05, 3.63) is 0 Å². The van der Waals surface area contributed by atoms with E-state index in [0.29, 0.717) is 19.6 Å². The summed E-state index contributed by atoms with van der Waals surface area (Å²) in [5.41, 5.74) is 4.82. The van der Waals surface area contributed by atoms with Gasteiger partial charge in [0, 0.05) is 18.6 Å². The van der Waals surface area contributed by atoms with Crippen molar-refractivity contribution in [3.63, 3.8) is 0 Å². The second-order valence-corrected chi connectivity index (χ2v) is 6.57. The Morgan fingerprint density at radius 1 is 1.28 bits per heavy atom.